The summed E-state index contributed by atoms with van der Waals surface area (Å²) in [5.41, 5.74) is 2.10. The van der Waals surface area contributed by atoms with E-state index >= 15 is 0 Å². The Morgan fingerprint density at radius 1 is 1.19 bits per heavy atom. The van der Waals surface area contributed by atoms with Gasteiger partial charge in [-0.05, 0) is 41.3 Å². The lowest BCUT2D eigenvalue weighted by molar-refractivity contribution is 0.336. The molecule has 0 spiro atoms. The summed E-state index contributed by atoms with van der Waals surface area (Å²) >= 11 is 3.46. The molecule has 0 aliphatic carbocycles. The molecule has 0 N–H and O–H groups in total. The SMILES string of the molecule is CCOc1cc(OC)cc(-n2nc(Br)cc2CC(C)C)c1. The van der Waals surface area contributed by atoms with Gasteiger partial charge in [0.05, 0.1) is 19.4 Å². The maximum Gasteiger partial charge on any atom is 0.128 e. The number of aromatic nitrogens is 2. The van der Waals surface area contributed by atoms with Gasteiger partial charge in [-0.3, -0.25) is 0 Å². The summed E-state index contributed by atoms with van der Waals surface area (Å²) in [6.07, 6.45) is 0.958. The molecule has 0 fully saturated rings. The largest absolute Gasteiger partial charge is 0.497 e. The van der Waals surface area contributed by atoms with Crippen LogP contribution in [-0.4, -0.2) is 23.5 Å². The molecule has 0 saturated carbocycles. The molecule has 114 valence electrons. The van der Waals surface area contributed by atoms with Gasteiger partial charge >= 0.3 is 0 Å². The van der Waals surface area contributed by atoms with E-state index in [2.05, 4.69) is 40.9 Å². The Kier molecular flexibility index (Phi) is 5.28. The summed E-state index contributed by atoms with van der Waals surface area (Å²) in [5.74, 6) is 2.11. The molecule has 0 aliphatic heterocycles. The third-order valence-electron chi connectivity index (χ3n) is 3.03. The molecule has 4 nitrogen and oxygen atoms in total. The third-order valence-corrected chi connectivity index (χ3v) is 3.41. The van der Waals surface area contributed by atoms with Crippen molar-refractivity contribution in [1.29, 1.82) is 0 Å². The monoisotopic (exact) mass is 352 g/mol. The molecule has 1 aromatic carbocycles. The first-order chi connectivity index (χ1) is 10.0. The summed E-state index contributed by atoms with van der Waals surface area (Å²) in [6.45, 7) is 6.98. The van der Waals surface area contributed by atoms with Crippen LogP contribution in [0.2, 0.25) is 0 Å². The highest BCUT2D eigenvalue weighted by Gasteiger charge is 2.12. The number of rotatable bonds is 6. The van der Waals surface area contributed by atoms with E-state index in [4.69, 9.17) is 9.47 Å². The van der Waals surface area contributed by atoms with Crippen LogP contribution in [0, 0.1) is 5.92 Å². The second kappa shape index (κ2) is 6.98. The first-order valence-corrected chi connectivity index (χ1v) is 7.89. The van der Waals surface area contributed by atoms with Crippen LogP contribution in [0.25, 0.3) is 5.69 Å². The van der Waals surface area contributed by atoms with Crippen molar-refractivity contribution in [1.82, 2.24) is 9.78 Å². The summed E-state index contributed by atoms with van der Waals surface area (Å²) in [6, 6.07) is 7.88. The maximum atomic E-state index is 5.61. The standard InChI is InChI=1S/C16H21BrN2O2/c1-5-21-15-8-13(7-14(10-15)20-4)19-12(6-11(2)3)9-16(17)18-19/h7-11H,5-6H2,1-4H3. The normalized spacial score (nSPS) is 11.0. The molecule has 2 aromatic rings. The fraction of sp³-hybridized carbons (Fsp3) is 0.438. The summed E-state index contributed by atoms with van der Waals surface area (Å²) in [5, 5.41) is 4.53. The highest BCUT2D eigenvalue weighted by Crippen LogP contribution is 2.27. The smallest absolute Gasteiger partial charge is 0.128 e. The second-order valence-corrected chi connectivity index (χ2v) is 6.08. The molecule has 0 radical (unpaired) electrons. The number of benzene rings is 1. The molecule has 21 heavy (non-hydrogen) atoms. The number of halogens is 1. The minimum atomic E-state index is 0.560. The van der Waals surface area contributed by atoms with Crippen molar-refractivity contribution < 1.29 is 9.47 Å². The number of nitrogens with zero attached hydrogens (tertiary/aromatic N) is 2. The van der Waals surface area contributed by atoms with Crippen molar-refractivity contribution in [2.75, 3.05) is 13.7 Å². The van der Waals surface area contributed by atoms with Gasteiger partial charge in [-0.15, -0.1) is 0 Å². The van der Waals surface area contributed by atoms with Gasteiger partial charge in [0, 0.05) is 23.9 Å². The first-order valence-electron chi connectivity index (χ1n) is 7.10. The number of hydrogen-bond acceptors (Lipinski definition) is 3. The molecule has 1 aromatic heterocycles. The number of ether oxygens (including phenoxy) is 2. The molecular formula is C16H21BrN2O2. The second-order valence-electron chi connectivity index (χ2n) is 5.27. The predicted molar refractivity (Wildman–Crippen MR) is 87.5 cm³/mol. The van der Waals surface area contributed by atoms with Crippen LogP contribution in [0.15, 0.2) is 28.9 Å². The van der Waals surface area contributed by atoms with Gasteiger partial charge in [0.15, 0.2) is 0 Å². The van der Waals surface area contributed by atoms with Gasteiger partial charge in [0.2, 0.25) is 0 Å². The molecule has 0 atom stereocenters. The molecule has 0 saturated heterocycles. The fourth-order valence-electron chi connectivity index (χ4n) is 2.22. The van der Waals surface area contributed by atoms with Crippen molar-refractivity contribution in [3.05, 3.63) is 34.6 Å². The predicted octanol–water partition coefficient (Wildman–Crippen LogP) is 4.24. The highest BCUT2D eigenvalue weighted by molar-refractivity contribution is 9.10. The van der Waals surface area contributed by atoms with Crippen molar-refractivity contribution in [3.63, 3.8) is 0 Å². The quantitative estimate of drug-likeness (QED) is 0.779. The Balaban J connectivity index is 2.47. The molecular weight excluding hydrogens is 332 g/mol. The van der Waals surface area contributed by atoms with Crippen LogP contribution in [0.3, 0.4) is 0 Å². The van der Waals surface area contributed by atoms with E-state index in [0.29, 0.717) is 12.5 Å². The van der Waals surface area contributed by atoms with E-state index in [1.807, 2.05) is 29.8 Å². The zero-order valence-corrected chi connectivity index (χ0v) is 14.5. The molecule has 0 unspecified atom stereocenters. The van der Waals surface area contributed by atoms with E-state index in [1.165, 1.54) is 0 Å². The third kappa shape index (κ3) is 4.00. The molecule has 0 amide bonds. The maximum absolute atomic E-state index is 5.61. The average molecular weight is 353 g/mol. The van der Waals surface area contributed by atoms with Gasteiger partial charge in [-0.1, -0.05) is 13.8 Å². The summed E-state index contributed by atoms with van der Waals surface area (Å²) in [4.78, 5) is 0. The van der Waals surface area contributed by atoms with E-state index in [0.717, 1.165) is 33.9 Å². The first kappa shape index (κ1) is 15.9. The Hall–Kier alpha value is -1.49. The van der Waals surface area contributed by atoms with Crippen LogP contribution in [0.1, 0.15) is 26.5 Å². The van der Waals surface area contributed by atoms with Crippen molar-refractivity contribution in [2.45, 2.75) is 27.2 Å². The van der Waals surface area contributed by atoms with Crippen molar-refractivity contribution in [2.24, 2.45) is 5.92 Å². The molecule has 5 heteroatoms. The fourth-order valence-corrected chi connectivity index (χ4v) is 2.64. The van der Waals surface area contributed by atoms with E-state index in [9.17, 15) is 0 Å². The summed E-state index contributed by atoms with van der Waals surface area (Å²) < 4.78 is 13.7. The molecule has 1 heterocycles. The van der Waals surface area contributed by atoms with Crippen LogP contribution in [0.4, 0.5) is 0 Å². The highest BCUT2D eigenvalue weighted by atomic mass is 79.9. The minimum absolute atomic E-state index is 0.560. The Morgan fingerprint density at radius 3 is 2.52 bits per heavy atom. The van der Waals surface area contributed by atoms with Crippen molar-refractivity contribution in [3.8, 4) is 17.2 Å². The Bertz CT molecular complexity index is 608. The van der Waals surface area contributed by atoms with E-state index in [1.54, 1.807) is 7.11 Å². The van der Waals surface area contributed by atoms with E-state index < -0.39 is 0 Å². The summed E-state index contributed by atoms with van der Waals surface area (Å²) in [7, 11) is 1.66. The lowest BCUT2D eigenvalue weighted by atomic mass is 10.1. The lowest BCUT2D eigenvalue weighted by Crippen LogP contribution is -2.06. The minimum Gasteiger partial charge on any atom is -0.497 e. The van der Waals surface area contributed by atoms with Gasteiger partial charge in [0.25, 0.3) is 0 Å². The van der Waals surface area contributed by atoms with E-state index in [-0.39, 0.29) is 0 Å². The topological polar surface area (TPSA) is 36.3 Å². The average Bonchev–Trinajstić information content (AvgIpc) is 2.78. The zero-order chi connectivity index (χ0) is 15.4. The van der Waals surface area contributed by atoms with Crippen LogP contribution in [-0.2, 0) is 6.42 Å². The number of hydrogen-bond donors (Lipinski definition) is 0. The zero-order valence-electron chi connectivity index (χ0n) is 12.9. The Morgan fingerprint density at radius 2 is 1.90 bits per heavy atom. The number of methoxy groups -OCH3 is 1. The van der Waals surface area contributed by atoms with Gasteiger partial charge in [-0.2, -0.15) is 5.10 Å². The lowest BCUT2D eigenvalue weighted by Gasteiger charge is -2.13. The molecule has 0 bridgehead atoms. The van der Waals surface area contributed by atoms with Crippen molar-refractivity contribution >= 4 is 15.9 Å². The van der Waals surface area contributed by atoms with Gasteiger partial charge in [0.1, 0.15) is 16.1 Å². The molecule has 2 rings (SSSR count). The van der Waals surface area contributed by atoms with Crippen LogP contribution < -0.4 is 9.47 Å². The molecule has 0 aliphatic rings. The Labute approximate surface area is 134 Å². The van der Waals surface area contributed by atoms with Crippen LogP contribution in [0.5, 0.6) is 11.5 Å². The van der Waals surface area contributed by atoms with Gasteiger partial charge < -0.3 is 9.47 Å². The van der Waals surface area contributed by atoms with Gasteiger partial charge in [-0.25, -0.2) is 4.68 Å². The van der Waals surface area contributed by atoms with Crippen LogP contribution >= 0.6 is 15.9 Å².